The van der Waals surface area contributed by atoms with Crippen molar-refractivity contribution in [2.75, 3.05) is 11.9 Å². The number of benzene rings is 1. The van der Waals surface area contributed by atoms with Gasteiger partial charge in [-0.05, 0) is 31.6 Å². The van der Waals surface area contributed by atoms with E-state index in [0.717, 1.165) is 29.9 Å². The van der Waals surface area contributed by atoms with E-state index in [1.165, 1.54) is 36.5 Å². The molecular formula is C17H23N3. The van der Waals surface area contributed by atoms with Crippen LogP contribution in [0.5, 0.6) is 0 Å². The Kier molecular flexibility index (Phi) is 3.86. The third-order valence-electron chi connectivity index (χ3n) is 4.48. The second-order valence-corrected chi connectivity index (χ2v) is 6.20. The summed E-state index contributed by atoms with van der Waals surface area (Å²) in [5, 5.41) is 14.5. The summed E-state index contributed by atoms with van der Waals surface area (Å²) in [5.74, 6) is 2.58. The van der Waals surface area contributed by atoms with E-state index >= 15 is 0 Å². The van der Waals surface area contributed by atoms with Crippen molar-refractivity contribution in [2.24, 2.45) is 11.8 Å². The Bertz CT molecular complexity index is 594. The molecule has 0 saturated heterocycles. The van der Waals surface area contributed by atoms with Crippen molar-refractivity contribution in [1.82, 2.24) is 10.2 Å². The summed E-state index contributed by atoms with van der Waals surface area (Å²) in [4.78, 5) is 0. The number of aryl methyl sites for hydroxylation is 1. The molecule has 2 unspecified atom stereocenters. The van der Waals surface area contributed by atoms with Crippen LogP contribution < -0.4 is 5.32 Å². The standard InChI is InChI=1S/C17H23N3/c1-12-6-5-7-14(10-12)11-18-17-16-9-4-3-8-15(16)13(2)19-20-17/h3-4,8-9,12,14H,5-7,10-11H2,1-2H3,(H,18,20). The maximum Gasteiger partial charge on any atom is 0.156 e. The monoisotopic (exact) mass is 269 g/mol. The molecule has 1 aromatic heterocycles. The summed E-state index contributed by atoms with van der Waals surface area (Å²) in [6, 6.07) is 8.37. The van der Waals surface area contributed by atoms with Crippen LogP contribution in [-0.2, 0) is 0 Å². The topological polar surface area (TPSA) is 37.8 Å². The third-order valence-corrected chi connectivity index (χ3v) is 4.48. The van der Waals surface area contributed by atoms with Crippen LogP contribution >= 0.6 is 0 Å². The fraction of sp³-hybridized carbons (Fsp3) is 0.529. The highest BCUT2D eigenvalue weighted by Gasteiger charge is 2.19. The van der Waals surface area contributed by atoms with Crippen LogP contribution in [0, 0.1) is 18.8 Å². The fourth-order valence-electron chi connectivity index (χ4n) is 3.35. The molecule has 0 aliphatic heterocycles. The number of nitrogens with one attached hydrogen (secondary N) is 1. The van der Waals surface area contributed by atoms with E-state index in [-0.39, 0.29) is 0 Å². The van der Waals surface area contributed by atoms with E-state index in [1.54, 1.807) is 0 Å². The SMILES string of the molecule is Cc1nnc(NCC2CCCC(C)C2)c2ccccc12. The lowest BCUT2D eigenvalue weighted by Crippen LogP contribution is -2.21. The van der Waals surface area contributed by atoms with Gasteiger partial charge in [0.15, 0.2) is 5.82 Å². The molecule has 1 aliphatic carbocycles. The van der Waals surface area contributed by atoms with Crippen molar-refractivity contribution in [2.45, 2.75) is 39.5 Å². The zero-order chi connectivity index (χ0) is 13.9. The second kappa shape index (κ2) is 5.78. The molecule has 1 aromatic carbocycles. The number of anilines is 1. The minimum absolute atomic E-state index is 0.778. The lowest BCUT2D eigenvalue weighted by atomic mass is 9.82. The Morgan fingerprint density at radius 2 is 1.95 bits per heavy atom. The highest BCUT2D eigenvalue weighted by molar-refractivity contribution is 5.92. The molecule has 0 amide bonds. The van der Waals surface area contributed by atoms with E-state index in [1.807, 2.05) is 6.92 Å². The Morgan fingerprint density at radius 1 is 1.15 bits per heavy atom. The van der Waals surface area contributed by atoms with Gasteiger partial charge < -0.3 is 5.32 Å². The quantitative estimate of drug-likeness (QED) is 0.908. The first-order valence-electron chi connectivity index (χ1n) is 7.70. The normalized spacial score (nSPS) is 22.9. The molecule has 0 spiro atoms. The van der Waals surface area contributed by atoms with Gasteiger partial charge in [-0.15, -0.1) is 5.10 Å². The van der Waals surface area contributed by atoms with Crippen molar-refractivity contribution in [3.8, 4) is 0 Å². The van der Waals surface area contributed by atoms with Gasteiger partial charge in [-0.2, -0.15) is 5.10 Å². The van der Waals surface area contributed by atoms with Gasteiger partial charge in [0.2, 0.25) is 0 Å². The highest BCUT2D eigenvalue weighted by atomic mass is 15.2. The summed E-state index contributed by atoms with van der Waals surface area (Å²) in [6.07, 6.45) is 5.44. The van der Waals surface area contributed by atoms with Gasteiger partial charge in [-0.25, -0.2) is 0 Å². The predicted molar refractivity (Wildman–Crippen MR) is 83.9 cm³/mol. The van der Waals surface area contributed by atoms with Crippen molar-refractivity contribution in [3.63, 3.8) is 0 Å². The minimum Gasteiger partial charge on any atom is -0.368 e. The molecule has 1 N–H and O–H groups in total. The molecule has 106 valence electrons. The van der Waals surface area contributed by atoms with Crippen molar-refractivity contribution < 1.29 is 0 Å². The van der Waals surface area contributed by atoms with Crippen LogP contribution in [0.2, 0.25) is 0 Å². The van der Waals surface area contributed by atoms with Crippen LogP contribution in [0.1, 0.15) is 38.3 Å². The molecule has 3 heteroatoms. The van der Waals surface area contributed by atoms with E-state index in [2.05, 4.69) is 46.7 Å². The molecule has 1 aliphatic rings. The van der Waals surface area contributed by atoms with E-state index in [4.69, 9.17) is 0 Å². The maximum atomic E-state index is 4.35. The molecule has 3 nitrogen and oxygen atoms in total. The first kappa shape index (κ1) is 13.3. The molecule has 0 radical (unpaired) electrons. The smallest absolute Gasteiger partial charge is 0.156 e. The highest BCUT2D eigenvalue weighted by Crippen LogP contribution is 2.29. The zero-order valence-electron chi connectivity index (χ0n) is 12.4. The van der Waals surface area contributed by atoms with Crippen LogP contribution in [0.4, 0.5) is 5.82 Å². The minimum atomic E-state index is 0.778. The number of aromatic nitrogens is 2. The molecule has 20 heavy (non-hydrogen) atoms. The Morgan fingerprint density at radius 3 is 2.75 bits per heavy atom. The Balaban J connectivity index is 1.76. The lowest BCUT2D eigenvalue weighted by molar-refractivity contribution is 0.293. The number of nitrogens with zero attached hydrogens (tertiary/aromatic N) is 2. The van der Waals surface area contributed by atoms with Gasteiger partial charge >= 0.3 is 0 Å². The summed E-state index contributed by atoms with van der Waals surface area (Å²) in [6.45, 7) is 5.40. The number of rotatable bonds is 3. The van der Waals surface area contributed by atoms with Crippen LogP contribution in [0.25, 0.3) is 10.8 Å². The first-order chi connectivity index (χ1) is 9.74. The maximum absolute atomic E-state index is 4.35. The second-order valence-electron chi connectivity index (χ2n) is 6.20. The molecule has 2 aromatic rings. The average molecular weight is 269 g/mol. The third kappa shape index (κ3) is 2.77. The molecule has 2 atom stereocenters. The van der Waals surface area contributed by atoms with Crippen molar-refractivity contribution in [3.05, 3.63) is 30.0 Å². The molecule has 1 saturated carbocycles. The van der Waals surface area contributed by atoms with E-state index < -0.39 is 0 Å². The van der Waals surface area contributed by atoms with Gasteiger partial charge in [0.05, 0.1) is 5.69 Å². The van der Waals surface area contributed by atoms with Gasteiger partial charge in [0.1, 0.15) is 0 Å². The first-order valence-corrected chi connectivity index (χ1v) is 7.70. The number of hydrogen-bond acceptors (Lipinski definition) is 3. The molecule has 1 fully saturated rings. The Hall–Kier alpha value is -1.64. The van der Waals surface area contributed by atoms with E-state index in [0.29, 0.717) is 0 Å². The molecule has 0 bridgehead atoms. The van der Waals surface area contributed by atoms with Crippen molar-refractivity contribution in [1.29, 1.82) is 0 Å². The lowest BCUT2D eigenvalue weighted by Gasteiger charge is -2.27. The predicted octanol–water partition coefficient (Wildman–Crippen LogP) is 4.18. The molecule has 3 rings (SSSR count). The molecular weight excluding hydrogens is 246 g/mol. The summed E-state index contributed by atoms with van der Waals surface area (Å²) in [7, 11) is 0. The van der Waals surface area contributed by atoms with Crippen molar-refractivity contribution >= 4 is 16.6 Å². The molecule has 1 heterocycles. The van der Waals surface area contributed by atoms with Gasteiger partial charge in [0, 0.05) is 17.3 Å². The number of fused-ring (bicyclic) bond motifs is 1. The van der Waals surface area contributed by atoms with Gasteiger partial charge in [-0.1, -0.05) is 44.0 Å². The van der Waals surface area contributed by atoms with E-state index in [9.17, 15) is 0 Å². The summed E-state index contributed by atoms with van der Waals surface area (Å²) >= 11 is 0. The Labute approximate surface area is 120 Å². The fourth-order valence-corrected chi connectivity index (χ4v) is 3.35. The number of hydrogen-bond donors (Lipinski definition) is 1. The van der Waals surface area contributed by atoms with Crippen LogP contribution in [-0.4, -0.2) is 16.7 Å². The largest absolute Gasteiger partial charge is 0.368 e. The average Bonchev–Trinajstić information content (AvgIpc) is 2.47. The van der Waals surface area contributed by atoms with Gasteiger partial charge in [-0.3, -0.25) is 0 Å². The zero-order valence-corrected chi connectivity index (χ0v) is 12.4. The summed E-state index contributed by atoms with van der Waals surface area (Å²) < 4.78 is 0. The van der Waals surface area contributed by atoms with Crippen LogP contribution in [0.15, 0.2) is 24.3 Å². The van der Waals surface area contributed by atoms with Gasteiger partial charge in [0.25, 0.3) is 0 Å². The summed E-state index contributed by atoms with van der Waals surface area (Å²) in [5.41, 5.74) is 0.998. The van der Waals surface area contributed by atoms with Crippen LogP contribution in [0.3, 0.4) is 0 Å².